The standard InChI is InChI=1S/C16H21ClN2O2/c1-18-16(21)7-10-8-19(9-15(10)20)14-6-5-11-12(14)3-2-4-13(11)17/h2-4,10,14-15,20H,5-9H2,1H3,(H,18,21)/t10-,14?,15-/m1/s1. The van der Waals surface area contributed by atoms with E-state index in [4.69, 9.17) is 11.6 Å². The van der Waals surface area contributed by atoms with Crippen molar-refractivity contribution in [1.82, 2.24) is 10.2 Å². The maximum Gasteiger partial charge on any atom is 0.220 e. The summed E-state index contributed by atoms with van der Waals surface area (Å²) in [5.41, 5.74) is 2.53. The minimum absolute atomic E-state index is 0.00392. The van der Waals surface area contributed by atoms with E-state index in [9.17, 15) is 9.90 Å². The molecule has 2 aliphatic rings. The zero-order valence-electron chi connectivity index (χ0n) is 12.2. The number of carbonyl (C=O) groups excluding carboxylic acids is 1. The summed E-state index contributed by atoms with van der Waals surface area (Å²) in [5.74, 6) is 0.0175. The summed E-state index contributed by atoms with van der Waals surface area (Å²) in [6.45, 7) is 1.41. The molecule has 5 heteroatoms. The van der Waals surface area contributed by atoms with Crippen molar-refractivity contribution in [3.63, 3.8) is 0 Å². The van der Waals surface area contributed by atoms with Crippen molar-refractivity contribution in [2.45, 2.75) is 31.4 Å². The lowest BCUT2D eigenvalue weighted by atomic mass is 10.0. The van der Waals surface area contributed by atoms with Crippen LogP contribution in [0.25, 0.3) is 0 Å². The number of aliphatic hydroxyl groups is 1. The normalized spacial score (nSPS) is 28.6. The van der Waals surface area contributed by atoms with E-state index < -0.39 is 6.10 Å². The van der Waals surface area contributed by atoms with Crippen LogP contribution in [0.4, 0.5) is 0 Å². The van der Waals surface area contributed by atoms with Gasteiger partial charge in [-0.1, -0.05) is 23.7 Å². The van der Waals surface area contributed by atoms with Crippen molar-refractivity contribution in [1.29, 1.82) is 0 Å². The van der Waals surface area contributed by atoms with Gasteiger partial charge in [0.2, 0.25) is 5.91 Å². The van der Waals surface area contributed by atoms with Gasteiger partial charge < -0.3 is 10.4 Å². The highest BCUT2D eigenvalue weighted by Gasteiger charge is 2.38. The first-order valence-corrected chi connectivity index (χ1v) is 7.88. The average molecular weight is 309 g/mol. The molecule has 1 aliphatic carbocycles. The van der Waals surface area contributed by atoms with Crippen LogP contribution in [0, 0.1) is 5.92 Å². The van der Waals surface area contributed by atoms with Gasteiger partial charge in [0.15, 0.2) is 0 Å². The van der Waals surface area contributed by atoms with Crippen LogP contribution in [-0.2, 0) is 11.2 Å². The highest BCUT2D eigenvalue weighted by atomic mass is 35.5. The van der Waals surface area contributed by atoms with Gasteiger partial charge in [-0.2, -0.15) is 0 Å². The molecular weight excluding hydrogens is 288 g/mol. The Balaban J connectivity index is 1.73. The average Bonchev–Trinajstić information content (AvgIpc) is 3.04. The molecule has 1 amide bonds. The van der Waals surface area contributed by atoms with E-state index in [1.165, 1.54) is 11.1 Å². The van der Waals surface area contributed by atoms with Gasteiger partial charge in [0.25, 0.3) is 0 Å². The van der Waals surface area contributed by atoms with Crippen molar-refractivity contribution in [3.8, 4) is 0 Å². The van der Waals surface area contributed by atoms with Gasteiger partial charge in [0.05, 0.1) is 6.10 Å². The van der Waals surface area contributed by atoms with Crippen LogP contribution >= 0.6 is 11.6 Å². The molecule has 3 atom stereocenters. The fraction of sp³-hybridized carbons (Fsp3) is 0.562. The van der Waals surface area contributed by atoms with E-state index in [-0.39, 0.29) is 11.8 Å². The first-order chi connectivity index (χ1) is 10.1. The van der Waals surface area contributed by atoms with Crippen molar-refractivity contribution < 1.29 is 9.90 Å². The number of nitrogens with zero attached hydrogens (tertiary/aromatic N) is 1. The highest BCUT2D eigenvalue weighted by molar-refractivity contribution is 6.31. The third-order valence-electron chi connectivity index (χ3n) is 4.78. The number of carbonyl (C=O) groups is 1. The predicted octanol–water partition coefficient (Wildman–Crippen LogP) is 1.76. The number of hydrogen-bond donors (Lipinski definition) is 2. The smallest absolute Gasteiger partial charge is 0.220 e. The number of likely N-dealkylation sites (tertiary alicyclic amines) is 1. The van der Waals surface area contributed by atoms with E-state index in [0.717, 1.165) is 24.4 Å². The van der Waals surface area contributed by atoms with Gasteiger partial charge in [-0.15, -0.1) is 0 Å². The second-order valence-electron chi connectivity index (χ2n) is 6.02. The molecular formula is C16H21ClN2O2. The lowest BCUT2D eigenvalue weighted by Gasteiger charge is -2.24. The molecule has 1 unspecified atom stereocenters. The Hall–Kier alpha value is -1.10. The fourth-order valence-electron chi connectivity index (χ4n) is 3.65. The zero-order valence-corrected chi connectivity index (χ0v) is 12.9. The number of nitrogens with one attached hydrogen (secondary N) is 1. The molecule has 1 fully saturated rings. The molecule has 0 spiro atoms. The Morgan fingerprint density at radius 1 is 1.48 bits per heavy atom. The van der Waals surface area contributed by atoms with Crippen LogP contribution in [0.15, 0.2) is 18.2 Å². The van der Waals surface area contributed by atoms with Gasteiger partial charge in [0, 0.05) is 43.5 Å². The lowest BCUT2D eigenvalue weighted by molar-refractivity contribution is -0.122. The largest absolute Gasteiger partial charge is 0.391 e. The predicted molar refractivity (Wildman–Crippen MR) is 82.3 cm³/mol. The summed E-state index contributed by atoms with van der Waals surface area (Å²) in [7, 11) is 1.64. The van der Waals surface area contributed by atoms with Gasteiger partial charge in [0.1, 0.15) is 0 Å². The summed E-state index contributed by atoms with van der Waals surface area (Å²) in [6, 6.07) is 6.39. The Bertz CT molecular complexity index is 549. The lowest BCUT2D eigenvalue weighted by Crippen LogP contribution is -2.27. The van der Waals surface area contributed by atoms with E-state index in [0.29, 0.717) is 19.0 Å². The number of aliphatic hydroxyl groups excluding tert-OH is 1. The second kappa shape index (κ2) is 5.95. The Morgan fingerprint density at radius 2 is 2.29 bits per heavy atom. The third-order valence-corrected chi connectivity index (χ3v) is 5.14. The number of amides is 1. The first kappa shape index (κ1) is 14.8. The van der Waals surface area contributed by atoms with Crippen LogP contribution in [-0.4, -0.2) is 42.2 Å². The highest BCUT2D eigenvalue weighted by Crippen LogP contribution is 2.41. The quantitative estimate of drug-likeness (QED) is 0.894. The molecule has 0 bridgehead atoms. The molecule has 21 heavy (non-hydrogen) atoms. The van der Waals surface area contributed by atoms with E-state index >= 15 is 0 Å². The molecule has 1 heterocycles. The summed E-state index contributed by atoms with van der Waals surface area (Å²) in [4.78, 5) is 13.8. The van der Waals surface area contributed by atoms with Gasteiger partial charge in [-0.25, -0.2) is 0 Å². The summed E-state index contributed by atoms with van der Waals surface area (Å²) in [6.07, 6.45) is 2.00. The number of rotatable bonds is 3. The van der Waals surface area contributed by atoms with Gasteiger partial charge in [-0.3, -0.25) is 9.69 Å². The van der Waals surface area contributed by atoms with Crippen LogP contribution in [0.3, 0.4) is 0 Å². The summed E-state index contributed by atoms with van der Waals surface area (Å²) in [5, 5.41) is 13.7. The van der Waals surface area contributed by atoms with E-state index in [1.807, 2.05) is 12.1 Å². The van der Waals surface area contributed by atoms with Crippen molar-refractivity contribution in [2.75, 3.05) is 20.1 Å². The van der Waals surface area contributed by atoms with Crippen LogP contribution < -0.4 is 5.32 Å². The van der Waals surface area contributed by atoms with E-state index in [2.05, 4.69) is 16.3 Å². The number of β-amino-alcohol motifs (C(OH)–C–C–N with tert-alkyl or cyclic N) is 1. The molecule has 3 rings (SSSR count). The van der Waals surface area contributed by atoms with Crippen molar-refractivity contribution in [2.24, 2.45) is 5.92 Å². The zero-order chi connectivity index (χ0) is 15.0. The first-order valence-electron chi connectivity index (χ1n) is 7.50. The van der Waals surface area contributed by atoms with Crippen LogP contribution in [0.1, 0.15) is 30.0 Å². The minimum Gasteiger partial charge on any atom is -0.391 e. The number of hydrogen-bond acceptors (Lipinski definition) is 3. The molecule has 0 saturated carbocycles. The molecule has 1 saturated heterocycles. The Kier molecular flexibility index (Phi) is 4.20. The SMILES string of the molecule is CNC(=O)C[C@@H]1CN(C2CCc3c(Cl)cccc32)C[C@H]1O. The van der Waals surface area contributed by atoms with Crippen molar-refractivity contribution >= 4 is 17.5 Å². The van der Waals surface area contributed by atoms with Crippen LogP contribution in [0.5, 0.6) is 0 Å². The maximum absolute atomic E-state index is 11.5. The monoisotopic (exact) mass is 308 g/mol. The Labute approximate surface area is 130 Å². The van der Waals surface area contributed by atoms with Crippen LogP contribution in [0.2, 0.25) is 5.02 Å². The fourth-order valence-corrected chi connectivity index (χ4v) is 3.93. The van der Waals surface area contributed by atoms with Gasteiger partial charge >= 0.3 is 0 Å². The molecule has 4 nitrogen and oxygen atoms in total. The van der Waals surface area contributed by atoms with Crippen molar-refractivity contribution in [3.05, 3.63) is 34.3 Å². The molecule has 0 radical (unpaired) electrons. The Morgan fingerprint density at radius 3 is 3.05 bits per heavy atom. The van der Waals surface area contributed by atoms with Gasteiger partial charge in [-0.05, 0) is 30.0 Å². The molecule has 2 N–H and O–H groups in total. The molecule has 1 aromatic rings. The topological polar surface area (TPSA) is 52.6 Å². The van der Waals surface area contributed by atoms with E-state index in [1.54, 1.807) is 7.05 Å². The maximum atomic E-state index is 11.5. The number of halogens is 1. The summed E-state index contributed by atoms with van der Waals surface area (Å²) < 4.78 is 0. The molecule has 114 valence electrons. The molecule has 1 aromatic carbocycles. The number of benzene rings is 1. The minimum atomic E-state index is -0.425. The molecule has 0 aromatic heterocycles. The second-order valence-corrected chi connectivity index (χ2v) is 6.43. The molecule has 1 aliphatic heterocycles. The number of fused-ring (bicyclic) bond motifs is 1. The third kappa shape index (κ3) is 2.80. The summed E-state index contributed by atoms with van der Waals surface area (Å²) >= 11 is 6.27.